The average molecular weight is 373 g/mol. The van der Waals surface area contributed by atoms with Crippen molar-refractivity contribution in [3.63, 3.8) is 0 Å². The molecule has 142 valence electrons. The van der Waals surface area contributed by atoms with Gasteiger partial charge in [0.25, 0.3) is 11.4 Å². The minimum absolute atomic E-state index is 0.0966. The van der Waals surface area contributed by atoms with E-state index in [1.54, 1.807) is 0 Å². The highest BCUT2D eigenvalue weighted by Gasteiger charge is 2.62. The van der Waals surface area contributed by atoms with Crippen LogP contribution in [0.1, 0.15) is 38.2 Å². The van der Waals surface area contributed by atoms with Crippen LogP contribution in [0.5, 0.6) is 0 Å². The van der Waals surface area contributed by atoms with Crippen molar-refractivity contribution in [1.82, 2.24) is 5.01 Å². The van der Waals surface area contributed by atoms with Crippen LogP contribution in [0.2, 0.25) is 0 Å². The maximum atomic E-state index is 13.3. The van der Waals surface area contributed by atoms with E-state index in [0.717, 1.165) is 18.6 Å². The number of alkyl halides is 3. The molecule has 2 rings (SSSR count). The number of amides is 1. The topological polar surface area (TPSA) is 96.0 Å². The lowest BCUT2D eigenvalue weighted by atomic mass is 10.0. The molecule has 26 heavy (non-hydrogen) atoms. The molecular weight excluding hydrogens is 355 g/mol. The number of unbranched alkanes of at least 4 members (excludes halogenated alkanes) is 1. The first-order valence-electron chi connectivity index (χ1n) is 8.00. The van der Waals surface area contributed by atoms with E-state index in [1.165, 1.54) is 12.1 Å². The minimum Gasteiger partial charge on any atom is -0.362 e. The number of carbonyl (C=O) groups is 1. The van der Waals surface area contributed by atoms with Crippen molar-refractivity contribution in [3.8, 4) is 0 Å². The maximum absolute atomic E-state index is 13.3. The number of nitrogens with zero attached hydrogens (tertiary/aromatic N) is 3. The van der Waals surface area contributed by atoms with Crippen LogP contribution >= 0.6 is 0 Å². The summed E-state index contributed by atoms with van der Waals surface area (Å²) >= 11 is 0. The molecule has 0 unspecified atom stereocenters. The van der Waals surface area contributed by atoms with Crippen molar-refractivity contribution in [2.45, 2.75) is 50.9 Å². The highest BCUT2D eigenvalue weighted by Crippen LogP contribution is 2.41. The Hall–Kier alpha value is -2.49. The number of hydrazone groups is 1. The second-order valence-electron chi connectivity index (χ2n) is 6.07. The van der Waals surface area contributed by atoms with E-state index in [1.807, 2.05) is 6.92 Å². The van der Waals surface area contributed by atoms with E-state index in [-0.39, 0.29) is 28.4 Å². The van der Waals surface area contributed by atoms with Crippen LogP contribution in [0, 0.1) is 10.1 Å². The number of benzene rings is 1. The van der Waals surface area contributed by atoms with Gasteiger partial charge in [-0.1, -0.05) is 25.5 Å². The molecule has 0 bridgehead atoms. The Morgan fingerprint density at radius 3 is 2.50 bits per heavy atom. The quantitative estimate of drug-likeness (QED) is 0.612. The monoisotopic (exact) mass is 373 g/mol. The number of aliphatic hydroxyl groups is 1. The van der Waals surface area contributed by atoms with Crippen molar-refractivity contribution in [3.05, 3.63) is 39.9 Å². The Bertz CT molecular complexity index is 718. The zero-order chi connectivity index (χ0) is 19.5. The van der Waals surface area contributed by atoms with E-state index in [2.05, 4.69) is 5.10 Å². The lowest BCUT2D eigenvalue weighted by Crippen LogP contribution is -2.57. The number of non-ortho nitro benzene ring substituents is 1. The summed E-state index contributed by atoms with van der Waals surface area (Å²) in [6.45, 7) is 1.86. The molecule has 1 aromatic carbocycles. The molecular formula is C16H18F3N3O4. The third kappa shape index (κ3) is 4.01. The zero-order valence-corrected chi connectivity index (χ0v) is 14.0. The standard InChI is InChI=1S/C16H18F3N3O4/c1-2-3-4-12-10-15(24,16(17,18)19)21(20-12)14(23)9-11-5-7-13(8-6-11)22(25)26/h5-8,24H,2-4,9-10H2,1H3/t15-/m0/s1. The van der Waals surface area contributed by atoms with Gasteiger partial charge in [-0.3, -0.25) is 14.9 Å². The van der Waals surface area contributed by atoms with Gasteiger partial charge in [0.05, 0.1) is 11.3 Å². The normalized spacial score (nSPS) is 20.2. The first-order chi connectivity index (χ1) is 12.1. The molecule has 1 aromatic rings. The van der Waals surface area contributed by atoms with Gasteiger partial charge in [-0.05, 0) is 18.4 Å². The maximum Gasteiger partial charge on any atom is 0.438 e. The van der Waals surface area contributed by atoms with E-state index in [0.29, 0.717) is 6.42 Å². The molecule has 1 atom stereocenters. The number of halogens is 3. The summed E-state index contributed by atoms with van der Waals surface area (Å²) in [6.07, 6.45) is -4.72. The van der Waals surface area contributed by atoms with Crippen molar-refractivity contribution >= 4 is 17.3 Å². The van der Waals surface area contributed by atoms with E-state index < -0.39 is 35.6 Å². The summed E-state index contributed by atoms with van der Waals surface area (Å²) < 4.78 is 40.0. The lowest BCUT2D eigenvalue weighted by Gasteiger charge is -2.32. The summed E-state index contributed by atoms with van der Waals surface area (Å²) in [4.78, 5) is 22.3. The molecule has 0 spiro atoms. The van der Waals surface area contributed by atoms with Gasteiger partial charge in [0, 0.05) is 24.3 Å². The van der Waals surface area contributed by atoms with E-state index in [9.17, 15) is 33.2 Å². The molecule has 7 nitrogen and oxygen atoms in total. The number of nitro groups is 1. The van der Waals surface area contributed by atoms with Gasteiger partial charge < -0.3 is 5.11 Å². The van der Waals surface area contributed by atoms with Crippen LogP contribution in [0.4, 0.5) is 18.9 Å². The Kier molecular flexibility index (Phi) is 5.65. The largest absolute Gasteiger partial charge is 0.438 e. The summed E-state index contributed by atoms with van der Waals surface area (Å²) in [5.74, 6) is -1.04. The lowest BCUT2D eigenvalue weighted by molar-refractivity contribution is -0.384. The molecule has 0 aliphatic carbocycles. The molecule has 1 heterocycles. The predicted molar refractivity (Wildman–Crippen MR) is 86.2 cm³/mol. The molecule has 1 N–H and O–H groups in total. The zero-order valence-electron chi connectivity index (χ0n) is 14.0. The second kappa shape index (κ2) is 7.40. The molecule has 0 saturated heterocycles. The van der Waals surface area contributed by atoms with Crippen molar-refractivity contribution in [2.75, 3.05) is 0 Å². The third-order valence-electron chi connectivity index (χ3n) is 4.05. The van der Waals surface area contributed by atoms with E-state index >= 15 is 0 Å². The highest BCUT2D eigenvalue weighted by molar-refractivity contribution is 5.91. The third-order valence-corrected chi connectivity index (χ3v) is 4.05. The van der Waals surface area contributed by atoms with Gasteiger partial charge in [0.1, 0.15) is 0 Å². The Morgan fingerprint density at radius 2 is 2.00 bits per heavy atom. The van der Waals surface area contributed by atoms with Gasteiger partial charge in [-0.15, -0.1) is 0 Å². The van der Waals surface area contributed by atoms with Gasteiger partial charge >= 0.3 is 6.18 Å². The van der Waals surface area contributed by atoms with Crippen molar-refractivity contribution in [2.24, 2.45) is 5.10 Å². The first-order valence-corrected chi connectivity index (χ1v) is 8.00. The number of carbonyl (C=O) groups excluding carboxylic acids is 1. The molecule has 0 aromatic heterocycles. The van der Waals surface area contributed by atoms with Crippen LogP contribution in [0.25, 0.3) is 0 Å². The highest BCUT2D eigenvalue weighted by atomic mass is 19.4. The number of hydrogen-bond acceptors (Lipinski definition) is 5. The van der Waals surface area contributed by atoms with Crippen molar-refractivity contribution in [1.29, 1.82) is 0 Å². The summed E-state index contributed by atoms with van der Waals surface area (Å²) in [7, 11) is 0. The van der Waals surface area contributed by atoms with Gasteiger partial charge in [-0.25, -0.2) is 0 Å². The fourth-order valence-corrected chi connectivity index (χ4v) is 2.61. The summed E-state index contributed by atoms with van der Waals surface area (Å²) in [6, 6.07) is 4.86. The van der Waals surface area contributed by atoms with Gasteiger partial charge in [-0.2, -0.15) is 23.3 Å². The van der Waals surface area contributed by atoms with Gasteiger partial charge in [0.15, 0.2) is 0 Å². The number of rotatable bonds is 6. The second-order valence-corrected chi connectivity index (χ2v) is 6.07. The molecule has 1 aliphatic rings. The van der Waals surface area contributed by atoms with Crippen molar-refractivity contribution < 1.29 is 28.0 Å². The van der Waals surface area contributed by atoms with E-state index in [4.69, 9.17) is 0 Å². The average Bonchev–Trinajstić information content (AvgIpc) is 2.91. The van der Waals surface area contributed by atoms with Crippen LogP contribution in [0.15, 0.2) is 29.4 Å². The van der Waals surface area contributed by atoms with Crippen LogP contribution in [0.3, 0.4) is 0 Å². The molecule has 0 saturated carbocycles. The minimum atomic E-state index is -5.06. The Labute approximate surface area is 147 Å². The molecule has 0 radical (unpaired) electrons. The molecule has 10 heteroatoms. The van der Waals surface area contributed by atoms with Crippen LogP contribution in [-0.2, 0) is 11.2 Å². The van der Waals surface area contributed by atoms with Crippen LogP contribution < -0.4 is 0 Å². The molecule has 1 aliphatic heterocycles. The first kappa shape index (κ1) is 19.8. The summed E-state index contributed by atoms with van der Waals surface area (Å²) in [5, 5.41) is 24.5. The predicted octanol–water partition coefficient (Wildman–Crippen LogP) is 3.17. The SMILES string of the molecule is CCCCC1=NN(C(=O)Cc2ccc([N+](=O)[O-])cc2)[C@@](O)(C(F)(F)F)C1. The fraction of sp³-hybridized carbons (Fsp3) is 0.500. The number of hydrogen-bond donors (Lipinski definition) is 1. The summed E-state index contributed by atoms with van der Waals surface area (Å²) in [5.41, 5.74) is -3.17. The fourth-order valence-electron chi connectivity index (χ4n) is 2.61. The smallest absolute Gasteiger partial charge is 0.362 e. The van der Waals surface area contributed by atoms with Gasteiger partial charge in [0.2, 0.25) is 5.91 Å². The molecule has 1 amide bonds. The molecule has 0 fully saturated rings. The Morgan fingerprint density at radius 1 is 1.38 bits per heavy atom. The Balaban J connectivity index is 2.22. The van der Waals surface area contributed by atoms with Crippen LogP contribution in [-0.4, -0.2) is 38.6 Å². The number of nitro benzene ring substituents is 1.